The minimum absolute atomic E-state index is 0.0479. The summed E-state index contributed by atoms with van der Waals surface area (Å²) < 4.78 is 5.21. The summed E-state index contributed by atoms with van der Waals surface area (Å²) in [6.45, 7) is 0.104. The number of rotatable bonds is 6. The summed E-state index contributed by atoms with van der Waals surface area (Å²) in [5.74, 6) is -1.10. The van der Waals surface area contributed by atoms with Crippen LogP contribution in [0.4, 0.5) is 10.5 Å². The van der Waals surface area contributed by atoms with E-state index in [2.05, 4.69) is 10.3 Å². The second-order valence-corrected chi connectivity index (χ2v) is 7.12. The third-order valence-electron chi connectivity index (χ3n) is 3.59. The van der Waals surface area contributed by atoms with Gasteiger partial charge in [-0.25, -0.2) is 14.6 Å². The van der Waals surface area contributed by atoms with Crippen LogP contribution in [0.3, 0.4) is 0 Å². The van der Waals surface area contributed by atoms with Crippen molar-refractivity contribution in [3.8, 4) is 0 Å². The first-order valence-corrected chi connectivity index (χ1v) is 9.35. The Morgan fingerprint density at radius 3 is 2.57 bits per heavy atom. The van der Waals surface area contributed by atoms with Gasteiger partial charge in [-0.05, 0) is 35.9 Å². The van der Waals surface area contributed by atoms with Crippen molar-refractivity contribution in [2.24, 2.45) is 0 Å². The van der Waals surface area contributed by atoms with E-state index in [1.165, 1.54) is 30.1 Å². The van der Waals surface area contributed by atoms with Crippen LogP contribution in [0.1, 0.15) is 15.9 Å². The van der Waals surface area contributed by atoms with Crippen LogP contribution in [0.2, 0.25) is 5.02 Å². The molecule has 8 heteroatoms. The molecule has 3 aromatic rings. The van der Waals surface area contributed by atoms with E-state index in [1.54, 1.807) is 18.2 Å². The minimum atomic E-state index is -1.10. The van der Waals surface area contributed by atoms with Crippen LogP contribution in [0.25, 0.3) is 0 Å². The van der Waals surface area contributed by atoms with Crippen LogP contribution in [0.15, 0.2) is 76.8 Å². The molecule has 0 unspecified atom stereocenters. The predicted octanol–water partition coefficient (Wildman–Crippen LogP) is 5.33. The Kier molecular flexibility index (Phi) is 6.52. The molecule has 0 saturated heterocycles. The Labute approximate surface area is 170 Å². The molecule has 0 aliphatic heterocycles. The summed E-state index contributed by atoms with van der Waals surface area (Å²) in [6.07, 6.45) is 0.828. The van der Waals surface area contributed by atoms with Crippen LogP contribution in [0, 0.1) is 0 Å². The number of aromatic carboxylic acids is 1. The highest BCUT2D eigenvalue weighted by Crippen LogP contribution is 2.33. The topological polar surface area (TPSA) is 88.5 Å². The molecule has 142 valence electrons. The Morgan fingerprint density at radius 2 is 1.89 bits per heavy atom. The number of benzene rings is 2. The zero-order valence-electron chi connectivity index (χ0n) is 14.5. The normalized spacial score (nSPS) is 10.3. The molecule has 6 nitrogen and oxygen atoms in total. The van der Waals surface area contributed by atoms with E-state index in [0.717, 1.165) is 5.56 Å². The molecule has 2 aromatic carbocycles. The summed E-state index contributed by atoms with van der Waals surface area (Å²) in [7, 11) is 0. The number of pyridine rings is 1. The fourth-order valence-corrected chi connectivity index (χ4v) is 3.19. The number of aromatic nitrogens is 1. The number of carboxylic acid groups (broad SMARTS) is 1. The van der Waals surface area contributed by atoms with E-state index in [1.807, 2.05) is 30.3 Å². The van der Waals surface area contributed by atoms with E-state index in [4.69, 9.17) is 16.3 Å². The number of hydrogen-bond donors (Lipinski definition) is 2. The van der Waals surface area contributed by atoms with Gasteiger partial charge in [0.2, 0.25) is 0 Å². The number of nitrogens with one attached hydrogen (secondary N) is 1. The van der Waals surface area contributed by atoms with E-state index < -0.39 is 12.1 Å². The maximum Gasteiger partial charge on any atom is 0.411 e. The van der Waals surface area contributed by atoms with Crippen molar-refractivity contribution in [1.29, 1.82) is 0 Å². The fourth-order valence-electron chi connectivity index (χ4n) is 2.25. The standard InChI is InChI=1S/C20H15ClN2O4S/c21-15-7-9-18(22-11-15)28-17-8-6-14(19(24)25)10-16(17)23-20(26)27-12-13-4-2-1-3-5-13/h1-11H,12H2,(H,23,26)(H,24,25). The highest BCUT2D eigenvalue weighted by Gasteiger charge is 2.14. The first kappa shape index (κ1) is 19.7. The van der Waals surface area contributed by atoms with E-state index in [-0.39, 0.29) is 12.2 Å². The van der Waals surface area contributed by atoms with Gasteiger partial charge in [-0.15, -0.1) is 0 Å². The summed E-state index contributed by atoms with van der Waals surface area (Å²) >= 11 is 7.11. The highest BCUT2D eigenvalue weighted by molar-refractivity contribution is 7.99. The maximum absolute atomic E-state index is 12.2. The fraction of sp³-hybridized carbons (Fsp3) is 0.0500. The zero-order valence-corrected chi connectivity index (χ0v) is 16.0. The van der Waals surface area contributed by atoms with Gasteiger partial charge in [0.1, 0.15) is 11.6 Å². The molecule has 0 aliphatic rings. The van der Waals surface area contributed by atoms with Gasteiger partial charge >= 0.3 is 12.1 Å². The van der Waals surface area contributed by atoms with Crippen LogP contribution >= 0.6 is 23.4 Å². The second-order valence-electron chi connectivity index (χ2n) is 5.62. The SMILES string of the molecule is O=C(Nc1cc(C(=O)O)ccc1Sc1ccc(Cl)cn1)OCc1ccccc1. The lowest BCUT2D eigenvalue weighted by molar-refractivity contribution is 0.0696. The smallest absolute Gasteiger partial charge is 0.411 e. The molecule has 1 aromatic heterocycles. The van der Waals surface area contributed by atoms with Gasteiger partial charge in [0.15, 0.2) is 0 Å². The lowest BCUT2D eigenvalue weighted by Gasteiger charge is -2.12. The Hall–Kier alpha value is -3.03. The van der Waals surface area contributed by atoms with Gasteiger partial charge in [0, 0.05) is 11.1 Å². The van der Waals surface area contributed by atoms with E-state index >= 15 is 0 Å². The molecule has 28 heavy (non-hydrogen) atoms. The molecule has 0 fully saturated rings. The predicted molar refractivity (Wildman–Crippen MR) is 107 cm³/mol. The summed E-state index contributed by atoms with van der Waals surface area (Å²) in [5.41, 5.74) is 1.21. The lowest BCUT2D eigenvalue weighted by atomic mass is 10.2. The first-order chi connectivity index (χ1) is 13.5. The van der Waals surface area contributed by atoms with Crippen LogP contribution in [-0.4, -0.2) is 22.2 Å². The monoisotopic (exact) mass is 414 g/mol. The van der Waals surface area contributed by atoms with Crippen LogP contribution in [0.5, 0.6) is 0 Å². The Bertz CT molecular complexity index is 981. The number of carboxylic acids is 1. The number of carbonyl (C=O) groups excluding carboxylic acids is 1. The molecular weight excluding hydrogens is 400 g/mol. The molecule has 2 N–H and O–H groups in total. The van der Waals surface area contributed by atoms with Gasteiger partial charge < -0.3 is 9.84 Å². The molecule has 0 spiro atoms. The zero-order chi connectivity index (χ0) is 19.9. The van der Waals surface area contributed by atoms with Crippen molar-refractivity contribution in [3.05, 3.63) is 83.0 Å². The number of anilines is 1. The number of ether oxygens (including phenoxy) is 1. The van der Waals surface area contributed by atoms with Crippen molar-refractivity contribution in [3.63, 3.8) is 0 Å². The number of amides is 1. The number of nitrogens with zero attached hydrogens (tertiary/aromatic N) is 1. The molecular formula is C20H15ClN2O4S. The van der Waals surface area contributed by atoms with Gasteiger partial charge in [0.25, 0.3) is 0 Å². The average Bonchev–Trinajstić information content (AvgIpc) is 2.70. The van der Waals surface area contributed by atoms with Crippen LogP contribution in [-0.2, 0) is 11.3 Å². The number of hydrogen-bond acceptors (Lipinski definition) is 5. The van der Waals surface area contributed by atoms with Crippen molar-refractivity contribution in [2.45, 2.75) is 16.5 Å². The molecule has 0 saturated carbocycles. The van der Waals surface area contributed by atoms with Gasteiger partial charge in [0.05, 0.1) is 16.3 Å². The third kappa shape index (κ3) is 5.48. The molecule has 1 amide bonds. The molecule has 0 bridgehead atoms. The molecule has 0 radical (unpaired) electrons. The van der Waals surface area contributed by atoms with Crippen molar-refractivity contribution in [1.82, 2.24) is 4.98 Å². The number of halogens is 1. The van der Waals surface area contributed by atoms with E-state index in [9.17, 15) is 14.7 Å². The Balaban J connectivity index is 1.76. The molecule has 1 heterocycles. The van der Waals surface area contributed by atoms with Gasteiger partial charge in [-0.2, -0.15) is 0 Å². The summed E-state index contributed by atoms with van der Waals surface area (Å²) in [5, 5.41) is 13.0. The van der Waals surface area contributed by atoms with Gasteiger partial charge in [-0.3, -0.25) is 5.32 Å². The van der Waals surface area contributed by atoms with Crippen LogP contribution < -0.4 is 5.32 Å². The van der Waals surface area contributed by atoms with Crippen molar-refractivity contribution in [2.75, 3.05) is 5.32 Å². The first-order valence-electron chi connectivity index (χ1n) is 8.16. The largest absolute Gasteiger partial charge is 0.478 e. The summed E-state index contributed by atoms with van der Waals surface area (Å²) in [6, 6.07) is 17.1. The van der Waals surface area contributed by atoms with Gasteiger partial charge in [-0.1, -0.05) is 53.7 Å². The van der Waals surface area contributed by atoms with Crippen molar-refractivity contribution >= 4 is 41.1 Å². The summed E-state index contributed by atoms with van der Waals surface area (Å²) in [4.78, 5) is 28.3. The highest BCUT2D eigenvalue weighted by atomic mass is 35.5. The molecule has 3 rings (SSSR count). The average molecular weight is 415 g/mol. The number of carbonyl (C=O) groups is 2. The minimum Gasteiger partial charge on any atom is -0.478 e. The molecule has 0 atom stereocenters. The lowest BCUT2D eigenvalue weighted by Crippen LogP contribution is -2.14. The van der Waals surface area contributed by atoms with E-state index in [0.29, 0.717) is 20.6 Å². The maximum atomic E-state index is 12.2. The molecule has 0 aliphatic carbocycles. The third-order valence-corrected chi connectivity index (χ3v) is 4.84. The Morgan fingerprint density at radius 1 is 1.11 bits per heavy atom. The second kappa shape index (κ2) is 9.25. The van der Waals surface area contributed by atoms with Crippen molar-refractivity contribution < 1.29 is 19.4 Å². The quantitative estimate of drug-likeness (QED) is 0.566.